The van der Waals surface area contributed by atoms with E-state index in [4.69, 9.17) is 9.26 Å². The van der Waals surface area contributed by atoms with E-state index in [1.807, 2.05) is 31.2 Å². The molecule has 0 saturated carbocycles. The lowest BCUT2D eigenvalue weighted by molar-refractivity contribution is -0.137. The lowest BCUT2D eigenvalue weighted by Gasteiger charge is -2.07. The average Bonchev–Trinajstić information content (AvgIpc) is 3.08. The summed E-state index contributed by atoms with van der Waals surface area (Å²) in [4.78, 5) is 11.9. The van der Waals surface area contributed by atoms with E-state index in [9.17, 15) is 18.0 Å². The number of esters is 1. The number of aromatic nitrogens is 1. The minimum atomic E-state index is -4.45. The molecule has 0 atom stereocenters. The van der Waals surface area contributed by atoms with Crippen LogP contribution < -0.4 is 0 Å². The molecular formula is C19H14F3NO3. The number of ether oxygens (including phenoxy) is 1. The van der Waals surface area contributed by atoms with E-state index < -0.39 is 17.7 Å². The first-order valence-electron chi connectivity index (χ1n) is 7.70. The quantitative estimate of drug-likeness (QED) is 0.612. The van der Waals surface area contributed by atoms with Gasteiger partial charge in [-0.1, -0.05) is 35.0 Å². The van der Waals surface area contributed by atoms with Gasteiger partial charge in [-0.15, -0.1) is 0 Å². The van der Waals surface area contributed by atoms with E-state index in [2.05, 4.69) is 5.16 Å². The maximum Gasteiger partial charge on any atom is 0.416 e. The molecule has 3 aromatic rings. The molecule has 2 aromatic carbocycles. The largest absolute Gasteiger partial charge is 0.455 e. The Hall–Kier alpha value is -3.09. The molecule has 0 amide bonds. The van der Waals surface area contributed by atoms with Crippen molar-refractivity contribution in [2.75, 3.05) is 0 Å². The van der Waals surface area contributed by atoms with E-state index in [1.54, 1.807) is 6.07 Å². The highest BCUT2D eigenvalue weighted by atomic mass is 19.4. The van der Waals surface area contributed by atoms with E-state index >= 15 is 0 Å². The predicted molar refractivity (Wildman–Crippen MR) is 87.2 cm³/mol. The third-order valence-electron chi connectivity index (χ3n) is 3.69. The number of hydrogen-bond acceptors (Lipinski definition) is 4. The van der Waals surface area contributed by atoms with Gasteiger partial charge >= 0.3 is 12.1 Å². The number of aryl methyl sites for hydroxylation is 1. The second-order valence-corrected chi connectivity index (χ2v) is 5.70. The van der Waals surface area contributed by atoms with Crippen LogP contribution in [0.15, 0.2) is 59.1 Å². The molecule has 0 bridgehead atoms. The fourth-order valence-electron chi connectivity index (χ4n) is 2.25. The normalized spacial score (nSPS) is 11.4. The van der Waals surface area contributed by atoms with Gasteiger partial charge in [-0.05, 0) is 31.2 Å². The Kier molecular flexibility index (Phi) is 4.79. The van der Waals surface area contributed by atoms with Crippen LogP contribution in [0.3, 0.4) is 0 Å². The van der Waals surface area contributed by atoms with Crippen LogP contribution >= 0.6 is 0 Å². The summed E-state index contributed by atoms with van der Waals surface area (Å²) >= 11 is 0. The van der Waals surface area contributed by atoms with Gasteiger partial charge in [0.05, 0.1) is 11.1 Å². The maximum absolute atomic E-state index is 12.5. The molecule has 4 nitrogen and oxygen atoms in total. The van der Waals surface area contributed by atoms with Gasteiger partial charge in [-0.25, -0.2) is 4.79 Å². The smallest absolute Gasteiger partial charge is 0.416 e. The molecule has 0 saturated heterocycles. The minimum absolute atomic E-state index is 0.0280. The second kappa shape index (κ2) is 7.03. The SMILES string of the molecule is Cc1ccc(-c2cc(COC(=O)c3ccc(C(F)(F)F)cc3)no2)cc1. The molecular weight excluding hydrogens is 347 g/mol. The van der Waals surface area contributed by atoms with Crippen LogP contribution in [0, 0.1) is 6.92 Å². The number of hydrogen-bond donors (Lipinski definition) is 0. The lowest BCUT2D eigenvalue weighted by Crippen LogP contribution is -2.08. The molecule has 3 rings (SSSR count). The molecule has 0 N–H and O–H groups in total. The van der Waals surface area contributed by atoms with Crippen molar-refractivity contribution >= 4 is 5.97 Å². The number of carbonyl (C=O) groups is 1. The highest BCUT2D eigenvalue weighted by molar-refractivity contribution is 5.89. The topological polar surface area (TPSA) is 52.3 Å². The number of alkyl halides is 3. The molecule has 0 aliphatic rings. The molecule has 134 valence electrons. The van der Waals surface area contributed by atoms with Crippen LogP contribution in [0.1, 0.15) is 27.2 Å². The van der Waals surface area contributed by atoms with Crippen molar-refractivity contribution in [3.8, 4) is 11.3 Å². The summed E-state index contributed by atoms with van der Waals surface area (Å²) in [5.41, 5.74) is 1.55. The Bertz CT molecular complexity index is 897. The van der Waals surface area contributed by atoms with Gasteiger partial charge < -0.3 is 9.26 Å². The number of rotatable bonds is 4. The predicted octanol–water partition coefficient (Wildman–Crippen LogP) is 5.03. The van der Waals surface area contributed by atoms with Gasteiger partial charge in [0.25, 0.3) is 0 Å². The standard InChI is InChI=1S/C19H14F3NO3/c1-12-2-4-13(5-3-12)17-10-16(23-26-17)11-25-18(24)14-6-8-15(9-7-14)19(20,21)22/h2-10H,11H2,1H3. The van der Waals surface area contributed by atoms with Crippen molar-refractivity contribution in [1.29, 1.82) is 0 Å². The molecule has 26 heavy (non-hydrogen) atoms. The zero-order chi connectivity index (χ0) is 18.7. The highest BCUT2D eigenvalue weighted by Gasteiger charge is 2.30. The van der Waals surface area contributed by atoms with Crippen LogP contribution in [-0.4, -0.2) is 11.1 Å². The van der Waals surface area contributed by atoms with Gasteiger partial charge in [0.2, 0.25) is 0 Å². The summed E-state index contributed by atoms with van der Waals surface area (Å²) < 4.78 is 47.8. The molecule has 7 heteroatoms. The van der Waals surface area contributed by atoms with Gasteiger partial charge in [0.15, 0.2) is 5.76 Å². The summed E-state index contributed by atoms with van der Waals surface area (Å²) in [7, 11) is 0. The maximum atomic E-state index is 12.5. The minimum Gasteiger partial charge on any atom is -0.455 e. The molecule has 1 heterocycles. The van der Waals surface area contributed by atoms with Crippen molar-refractivity contribution in [2.45, 2.75) is 19.7 Å². The lowest BCUT2D eigenvalue weighted by atomic mass is 10.1. The monoisotopic (exact) mass is 361 g/mol. The molecule has 0 fully saturated rings. The van der Waals surface area contributed by atoms with Crippen LogP contribution in [0.5, 0.6) is 0 Å². The fourth-order valence-corrected chi connectivity index (χ4v) is 2.25. The molecule has 0 spiro atoms. The number of benzene rings is 2. The summed E-state index contributed by atoms with van der Waals surface area (Å²) in [6.45, 7) is 1.82. The molecule has 0 radical (unpaired) electrons. The van der Waals surface area contributed by atoms with Crippen molar-refractivity contribution in [3.05, 3.63) is 77.0 Å². The summed E-state index contributed by atoms with van der Waals surface area (Å²) in [5, 5.41) is 3.83. The zero-order valence-corrected chi connectivity index (χ0v) is 13.7. The summed E-state index contributed by atoms with van der Waals surface area (Å²) in [6, 6.07) is 13.1. The summed E-state index contributed by atoms with van der Waals surface area (Å²) in [6.07, 6.45) is -4.45. The van der Waals surface area contributed by atoms with Gasteiger partial charge in [-0.3, -0.25) is 0 Å². The highest BCUT2D eigenvalue weighted by Crippen LogP contribution is 2.29. The van der Waals surface area contributed by atoms with E-state index in [0.29, 0.717) is 11.5 Å². The molecule has 0 aliphatic carbocycles. The average molecular weight is 361 g/mol. The molecule has 0 aliphatic heterocycles. The van der Waals surface area contributed by atoms with Crippen molar-refractivity contribution in [3.63, 3.8) is 0 Å². The Balaban J connectivity index is 1.62. The van der Waals surface area contributed by atoms with Crippen LogP contribution in [0.2, 0.25) is 0 Å². The Labute approximate surface area is 147 Å². The van der Waals surface area contributed by atoms with Crippen LogP contribution in [0.25, 0.3) is 11.3 Å². The third kappa shape index (κ3) is 4.11. The third-order valence-corrected chi connectivity index (χ3v) is 3.69. The Morgan fingerprint density at radius 2 is 1.73 bits per heavy atom. The first-order valence-corrected chi connectivity index (χ1v) is 7.70. The van der Waals surface area contributed by atoms with Crippen LogP contribution in [0.4, 0.5) is 13.2 Å². The van der Waals surface area contributed by atoms with Crippen molar-refractivity contribution in [2.24, 2.45) is 0 Å². The fraction of sp³-hybridized carbons (Fsp3) is 0.158. The van der Waals surface area contributed by atoms with E-state index in [1.165, 1.54) is 0 Å². The first kappa shape index (κ1) is 17.7. The zero-order valence-electron chi connectivity index (χ0n) is 13.7. The van der Waals surface area contributed by atoms with Gasteiger partial charge in [0, 0.05) is 11.6 Å². The van der Waals surface area contributed by atoms with Gasteiger partial charge in [0.1, 0.15) is 12.3 Å². The van der Waals surface area contributed by atoms with Crippen molar-refractivity contribution in [1.82, 2.24) is 5.16 Å². The molecule has 1 aromatic heterocycles. The van der Waals surface area contributed by atoms with Crippen molar-refractivity contribution < 1.29 is 27.2 Å². The van der Waals surface area contributed by atoms with Crippen LogP contribution in [-0.2, 0) is 17.5 Å². The van der Waals surface area contributed by atoms with Gasteiger partial charge in [-0.2, -0.15) is 13.2 Å². The number of nitrogens with zero attached hydrogens (tertiary/aromatic N) is 1. The number of halogens is 3. The Morgan fingerprint density at radius 3 is 2.35 bits per heavy atom. The van der Waals surface area contributed by atoms with E-state index in [0.717, 1.165) is 35.4 Å². The first-order chi connectivity index (χ1) is 12.3. The Morgan fingerprint density at radius 1 is 1.08 bits per heavy atom. The summed E-state index contributed by atoms with van der Waals surface area (Å²) in [5.74, 6) is -0.204. The number of carbonyl (C=O) groups excluding carboxylic acids is 1. The second-order valence-electron chi connectivity index (χ2n) is 5.70. The van der Waals surface area contributed by atoms with E-state index in [-0.39, 0.29) is 12.2 Å². The molecule has 0 unspecified atom stereocenters.